The van der Waals surface area contributed by atoms with E-state index >= 15 is 0 Å². The van der Waals surface area contributed by atoms with Gasteiger partial charge in [-0.2, -0.15) is 0 Å². The summed E-state index contributed by atoms with van der Waals surface area (Å²) in [6.07, 6.45) is 6.29. The normalized spacial score (nSPS) is 17.3. The molecule has 0 radical (unpaired) electrons. The van der Waals surface area contributed by atoms with Gasteiger partial charge in [-0.25, -0.2) is 4.79 Å². The Balaban J connectivity index is 1.70. The molecule has 2 atom stereocenters. The zero-order valence-corrected chi connectivity index (χ0v) is 25.0. The van der Waals surface area contributed by atoms with Crippen molar-refractivity contribution in [1.29, 1.82) is 0 Å². The molecule has 0 heterocycles. The average molecular weight is 564 g/mol. The summed E-state index contributed by atoms with van der Waals surface area (Å²) in [5.41, 5.74) is 2.95. The molecule has 2 fully saturated rings. The second-order valence-corrected chi connectivity index (χ2v) is 12.6. The Morgan fingerprint density at radius 3 is 2.20 bits per heavy atom. The molecule has 2 aliphatic rings. The number of nitrogens with one attached hydrogen (secondary N) is 2. The minimum Gasteiger partial charge on any atom is -0.508 e. The molecule has 4 rings (SSSR count). The highest BCUT2D eigenvalue weighted by Gasteiger charge is 2.44. The van der Waals surface area contributed by atoms with Gasteiger partial charge in [-0.05, 0) is 94.7 Å². The van der Waals surface area contributed by atoms with E-state index < -0.39 is 23.8 Å². The number of aromatic hydroxyl groups is 1. The van der Waals surface area contributed by atoms with E-state index in [1.54, 1.807) is 49.9 Å². The van der Waals surface area contributed by atoms with E-state index in [-0.39, 0.29) is 36.1 Å². The Morgan fingerprint density at radius 1 is 0.951 bits per heavy atom. The molecule has 2 aliphatic carbocycles. The maximum Gasteiger partial charge on any atom is 0.408 e. The van der Waals surface area contributed by atoms with E-state index in [9.17, 15) is 19.5 Å². The van der Waals surface area contributed by atoms with Crippen LogP contribution in [0.2, 0.25) is 0 Å². The maximum atomic E-state index is 14.5. The van der Waals surface area contributed by atoms with Gasteiger partial charge in [0.15, 0.2) is 0 Å². The third-order valence-corrected chi connectivity index (χ3v) is 7.88. The summed E-state index contributed by atoms with van der Waals surface area (Å²) in [5, 5.41) is 15.8. The fourth-order valence-corrected chi connectivity index (χ4v) is 5.47. The standard InChI is InChI=1S/C33H45N3O5/c1-21-11-14-24(19-22(21)2)29(30(38)34-25-9-7-6-8-10-25)36(26-15-16-26)31(39)28(35-32(40)41-33(3,4)5)20-23-12-17-27(37)18-13-23/h11-14,17-19,25-26,28-29,37H,6-10,15-16,20H2,1-5H3,(H,34,38)(H,35,40). The van der Waals surface area contributed by atoms with Gasteiger partial charge in [0.1, 0.15) is 23.4 Å². The lowest BCUT2D eigenvalue weighted by molar-refractivity contribution is -0.143. The Labute approximate surface area is 243 Å². The number of benzene rings is 2. The fraction of sp³-hybridized carbons (Fsp3) is 0.545. The van der Waals surface area contributed by atoms with Gasteiger partial charge in [-0.1, -0.05) is 49.6 Å². The molecule has 2 aromatic carbocycles. The largest absolute Gasteiger partial charge is 0.508 e. The molecule has 8 nitrogen and oxygen atoms in total. The van der Waals surface area contributed by atoms with Crippen molar-refractivity contribution in [3.63, 3.8) is 0 Å². The van der Waals surface area contributed by atoms with Crippen LogP contribution in [0.4, 0.5) is 4.79 Å². The van der Waals surface area contributed by atoms with Crippen LogP contribution in [0.1, 0.15) is 94.0 Å². The monoisotopic (exact) mass is 563 g/mol. The topological polar surface area (TPSA) is 108 Å². The Morgan fingerprint density at radius 2 is 1.61 bits per heavy atom. The van der Waals surface area contributed by atoms with Crippen LogP contribution >= 0.6 is 0 Å². The molecular weight excluding hydrogens is 518 g/mol. The van der Waals surface area contributed by atoms with Crippen molar-refractivity contribution in [3.05, 3.63) is 64.7 Å². The van der Waals surface area contributed by atoms with E-state index in [1.165, 1.54) is 6.42 Å². The lowest BCUT2D eigenvalue weighted by Crippen LogP contribution is -2.55. The van der Waals surface area contributed by atoms with Gasteiger partial charge in [0.05, 0.1) is 0 Å². The molecule has 2 saturated carbocycles. The molecule has 0 bridgehead atoms. The highest BCUT2D eigenvalue weighted by Crippen LogP contribution is 2.37. The summed E-state index contributed by atoms with van der Waals surface area (Å²) in [7, 11) is 0. The van der Waals surface area contributed by atoms with Crippen LogP contribution in [0.25, 0.3) is 0 Å². The number of hydrogen-bond acceptors (Lipinski definition) is 5. The van der Waals surface area contributed by atoms with E-state index in [2.05, 4.69) is 10.6 Å². The number of rotatable bonds is 9. The summed E-state index contributed by atoms with van der Waals surface area (Å²) < 4.78 is 5.51. The molecule has 0 saturated heterocycles. The molecule has 8 heteroatoms. The molecule has 3 N–H and O–H groups in total. The summed E-state index contributed by atoms with van der Waals surface area (Å²) in [4.78, 5) is 43.2. The van der Waals surface area contributed by atoms with Gasteiger partial charge >= 0.3 is 6.09 Å². The first-order valence-corrected chi connectivity index (χ1v) is 14.9. The first-order chi connectivity index (χ1) is 19.4. The third-order valence-electron chi connectivity index (χ3n) is 7.88. The first-order valence-electron chi connectivity index (χ1n) is 14.9. The molecule has 2 aromatic rings. The van der Waals surface area contributed by atoms with E-state index in [4.69, 9.17) is 4.74 Å². The van der Waals surface area contributed by atoms with Gasteiger partial charge in [0.2, 0.25) is 11.8 Å². The Hall–Kier alpha value is -3.55. The predicted octanol–water partition coefficient (Wildman–Crippen LogP) is 5.63. The molecule has 222 valence electrons. The van der Waals surface area contributed by atoms with Crippen LogP contribution in [0.15, 0.2) is 42.5 Å². The molecule has 3 amide bonds. The fourth-order valence-electron chi connectivity index (χ4n) is 5.47. The van der Waals surface area contributed by atoms with Crippen molar-refractivity contribution in [1.82, 2.24) is 15.5 Å². The number of hydrogen-bond donors (Lipinski definition) is 3. The van der Waals surface area contributed by atoms with Gasteiger partial charge in [-0.15, -0.1) is 0 Å². The van der Waals surface area contributed by atoms with Crippen LogP contribution in [-0.4, -0.2) is 51.6 Å². The minimum atomic E-state index is -0.966. The zero-order valence-electron chi connectivity index (χ0n) is 25.0. The highest BCUT2D eigenvalue weighted by atomic mass is 16.6. The number of phenolic OH excluding ortho intramolecular Hbond substituents is 1. The van der Waals surface area contributed by atoms with Crippen molar-refractivity contribution in [2.75, 3.05) is 0 Å². The lowest BCUT2D eigenvalue weighted by Gasteiger charge is -2.36. The van der Waals surface area contributed by atoms with Gasteiger partial charge in [0.25, 0.3) is 0 Å². The number of phenols is 1. The Bertz CT molecular complexity index is 1230. The van der Waals surface area contributed by atoms with Gasteiger partial charge in [0, 0.05) is 18.5 Å². The third kappa shape index (κ3) is 8.47. The number of amides is 3. The van der Waals surface area contributed by atoms with E-state index in [1.807, 2.05) is 32.0 Å². The van der Waals surface area contributed by atoms with Crippen molar-refractivity contribution in [3.8, 4) is 5.75 Å². The average Bonchev–Trinajstić information content (AvgIpc) is 3.74. The van der Waals surface area contributed by atoms with Crippen molar-refractivity contribution in [2.24, 2.45) is 0 Å². The van der Waals surface area contributed by atoms with Crippen LogP contribution in [0.5, 0.6) is 5.75 Å². The number of alkyl carbamates (subject to hydrolysis) is 1. The molecule has 2 unspecified atom stereocenters. The van der Waals surface area contributed by atoms with E-state index in [0.717, 1.165) is 60.8 Å². The number of carbonyl (C=O) groups is 3. The smallest absolute Gasteiger partial charge is 0.408 e. The first kappa shape index (κ1) is 30.4. The second kappa shape index (κ2) is 13.0. The summed E-state index contributed by atoms with van der Waals surface area (Å²) in [5.74, 6) is -0.389. The van der Waals surface area contributed by atoms with Crippen LogP contribution in [0, 0.1) is 13.8 Å². The SMILES string of the molecule is Cc1ccc(C(C(=O)NC2CCCCC2)N(C(=O)C(Cc2ccc(O)cc2)NC(=O)OC(C)(C)C)C2CC2)cc1C. The maximum absolute atomic E-state index is 14.5. The van der Waals surface area contributed by atoms with Crippen LogP contribution in [-0.2, 0) is 20.7 Å². The van der Waals surface area contributed by atoms with Gasteiger partial charge < -0.3 is 25.4 Å². The van der Waals surface area contributed by atoms with Crippen LogP contribution in [0.3, 0.4) is 0 Å². The highest BCUT2D eigenvalue weighted by molar-refractivity contribution is 5.93. The lowest BCUT2D eigenvalue weighted by atomic mass is 9.93. The molecule has 0 spiro atoms. The minimum absolute atomic E-state index is 0.0918. The number of aryl methyl sites for hydroxylation is 2. The number of carbonyl (C=O) groups excluding carboxylic acids is 3. The molecule has 41 heavy (non-hydrogen) atoms. The van der Waals surface area contributed by atoms with E-state index in [0.29, 0.717) is 0 Å². The summed E-state index contributed by atoms with van der Waals surface area (Å²) in [6.45, 7) is 9.34. The molecule has 0 aliphatic heterocycles. The molecular formula is C33H45N3O5. The predicted molar refractivity (Wildman–Crippen MR) is 159 cm³/mol. The quantitative estimate of drug-likeness (QED) is 0.367. The molecule has 0 aromatic heterocycles. The van der Waals surface area contributed by atoms with Crippen LogP contribution < -0.4 is 10.6 Å². The van der Waals surface area contributed by atoms with Crippen molar-refractivity contribution < 1.29 is 24.2 Å². The van der Waals surface area contributed by atoms with Crippen molar-refractivity contribution in [2.45, 2.75) is 116 Å². The number of ether oxygens (including phenoxy) is 1. The number of nitrogens with zero attached hydrogens (tertiary/aromatic N) is 1. The second-order valence-electron chi connectivity index (χ2n) is 12.6. The Kier molecular flexibility index (Phi) is 9.61. The summed E-state index contributed by atoms with van der Waals surface area (Å²) >= 11 is 0. The van der Waals surface area contributed by atoms with Crippen molar-refractivity contribution >= 4 is 17.9 Å². The summed E-state index contributed by atoms with van der Waals surface area (Å²) in [6, 6.07) is 10.7. The zero-order chi connectivity index (χ0) is 29.7. The van der Waals surface area contributed by atoms with Gasteiger partial charge in [-0.3, -0.25) is 9.59 Å².